The maximum atomic E-state index is 12.4. The van der Waals surface area contributed by atoms with Crippen LogP contribution in [0.1, 0.15) is 149 Å². The largest absolute Gasteiger partial charge is 0.469 e. The van der Waals surface area contributed by atoms with E-state index in [2.05, 4.69) is 91.3 Å². The molecule has 0 radical (unpaired) electrons. The SMILES string of the molecule is CCCCC/C=C\C/C=C\C/C=C\C=C\C(=O)CCCC(=O)OC[C@H](COP(=O)(O)O)OC(=O)CCCCC/C=C\C/C=C\C/C=C\C/C=C\CCCCC. The number of ether oxygens (including phenoxy) is 2. The normalized spacial score (nSPS) is 13.4. The Morgan fingerprint density at radius 3 is 1.51 bits per heavy atom. The predicted molar refractivity (Wildman–Crippen MR) is 225 cm³/mol. The second-order valence-corrected chi connectivity index (χ2v) is 14.5. The first-order chi connectivity index (χ1) is 26.7. The third-order valence-electron chi connectivity index (χ3n) is 8.05. The molecule has 0 saturated heterocycles. The van der Waals surface area contributed by atoms with Crippen LogP contribution in [0.15, 0.2) is 97.2 Å². The van der Waals surface area contributed by atoms with E-state index in [4.69, 9.17) is 19.3 Å². The monoisotopic (exact) mass is 786 g/mol. The molecular formula is C45H71O9P. The van der Waals surface area contributed by atoms with E-state index in [1.54, 1.807) is 6.08 Å². The molecule has 310 valence electrons. The summed E-state index contributed by atoms with van der Waals surface area (Å²) in [6.07, 6.45) is 49.8. The van der Waals surface area contributed by atoms with E-state index in [0.29, 0.717) is 6.42 Å². The minimum absolute atomic E-state index is 0.0350. The molecule has 0 saturated carbocycles. The van der Waals surface area contributed by atoms with Crippen molar-refractivity contribution in [2.45, 2.75) is 155 Å². The molecule has 9 nitrogen and oxygen atoms in total. The number of hydrogen-bond donors (Lipinski definition) is 2. The van der Waals surface area contributed by atoms with Crippen molar-refractivity contribution in [1.82, 2.24) is 0 Å². The molecule has 0 aromatic heterocycles. The topological polar surface area (TPSA) is 136 Å². The zero-order valence-electron chi connectivity index (χ0n) is 33.8. The lowest BCUT2D eigenvalue weighted by molar-refractivity contribution is -0.161. The Kier molecular flexibility index (Phi) is 36.5. The van der Waals surface area contributed by atoms with E-state index in [1.807, 2.05) is 12.2 Å². The number of hydrogen-bond acceptors (Lipinski definition) is 7. The highest BCUT2D eigenvalue weighted by Gasteiger charge is 2.23. The van der Waals surface area contributed by atoms with Crippen LogP contribution >= 0.6 is 7.82 Å². The summed E-state index contributed by atoms with van der Waals surface area (Å²) in [5.41, 5.74) is 0. The van der Waals surface area contributed by atoms with Gasteiger partial charge in [-0.25, -0.2) is 4.57 Å². The van der Waals surface area contributed by atoms with Crippen LogP contribution in [0.2, 0.25) is 0 Å². The summed E-state index contributed by atoms with van der Waals surface area (Å²) in [5.74, 6) is -1.31. The number of phosphoric acid groups is 1. The van der Waals surface area contributed by atoms with Crippen LogP contribution in [0.5, 0.6) is 0 Å². The fraction of sp³-hybridized carbons (Fsp3) is 0.578. The van der Waals surface area contributed by atoms with Crippen LogP contribution in [0.4, 0.5) is 0 Å². The van der Waals surface area contributed by atoms with Gasteiger partial charge in [-0.15, -0.1) is 0 Å². The average molecular weight is 787 g/mol. The van der Waals surface area contributed by atoms with Gasteiger partial charge in [-0.3, -0.25) is 18.9 Å². The summed E-state index contributed by atoms with van der Waals surface area (Å²) in [5, 5.41) is 0. The van der Waals surface area contributed by atoms with Crippen molar-refractivity contribution in [3.05, 3.63) is 97.2 Å². The second-order valence-electron chi connectivity index (χ2n) is 13.3. The molecule has 0 unspecified atom stereocenters. The van der Waals surface area contributed by atoms with E-state index >= 15 is 0 Å². The van der Waals surface area contributed by atoms with Crippen LogP contribution < -0.4 is 0 Å². The number of rotatable bonds is 36. The average Bonchev–Trinajstić information content (AvgIpc) is 3.15. The molecule has 0 fully saturated rings. The molecule has 55 heavy (non-hydrogen) atoms. The fourth-order valence-electron chi connectivity index (χ4n) is 4.95. The van der Waals surface area contributed by atoms with Crippen molar-refractivity contribution in [2.24, 2.45) is 0 Å². The highest BCUT2D eigenvalue weighted by Crippen LogP contribution is 2.36. The van der Waals surface area contributed by atoms with E-state index < -0.39 is 39.1 Å². The van der Waals surface area contributed by atoms with Crippen LogP contribution in [0.25, 0.3) is 0 Å². The highest BCUT2D eigenvalue weighted by atomic mass is 31.2. The molecule has 10 heteroatoms. The molecule has 0 bridgehead atoms. The number of carbonyl (C=O) groups excluding carboxylic acids is 3. The lowest BCUT2D eigenvalue weighted by atomic mass is 10.1. The Morgan fingerprint density at radius 1 is 0.527 bits per heavy atom. The summed E-state index contributed by atoms with van der Waals surface area (Å²) in [6, 6.07) is 0. The summed E-state index contributed by atoms with van der Waals surface area (Å²) in [4.78, 5) is 54.9. The minimum Gasteiger partial charge on any atom is -0.462 e. The number of unbranched alkanes of at least 4 members (excludes halogenated alkanes) is 9. The maximum Gasteiger partial charge on any atom is 0.469 e. The van der Waals surface area contributed by atoms with Crippen molar-refractivity contribution in [1.29, 1.82) is 0 Å². The summed E-state index contributed by atoms with van der Waals surface area (Å²) in [7, 11) is -4.83. The Morgan fingerprint density at radius 2 is 1.00 bits per heavy atom. The van der Waals surface area contributed by atoms with Crippen LogP contribution in [0.3, 0.4) is 0 Å². The molecule has 0 aliphatic carbocycles. The minimum atomic E-state index is -4.83. The molecule has 0 aromatic carbocycles. The molecule has 0 amide bonds. The van der Waals surface area contributed by atoms with Crippen molar-refractivity contribution in [3.63, 3.8) is 0 Å². The fourth-order valence-corrected chi connectivity index (χ4v) is 5.32. The molecule has 0 heterocycles. The number of carbonyl (C=O) groups is 3. The van der Waals surface area contributed by atoms with Crippen LogP contribution in [0, 0.1) is 0 Å². The van der Waals surface area contributed by atoms with Crippen LogP contribution in [-0.4, -0.2) is 46.8 Å². The summed E-state index contributed by atoms with van der Waals surface area (Å²) < 4.78 is 26.2. The van der Waals surface area contributed by atoms with Gasteiger partial charge in [0.25, 0.3) is 0 Å². The molecular weight excluding hydrogens is 715 g/mol. The van der Waals surface area contributed by atoms with Gasteiger partial charge in [-0.1, -0.05) is 137 Å². The summed E-state index contributed by atoms with van der Waals surface area (Å²) in [6.45, 7) is 3.37. The zero-order valence-corrected chi connectivity index (χ0v) is 34.7. The number of allylic oxidation sites excluding steroid dienone is 16. The lowest BCUT2D eigenvalue weighted by Crippen LogP contribution is -2.29. The zero-order chi connectivity index (χ0) is 40.5. The molecule has 0 rings (SSSR count). The van der Waals surface area contributed by atoms with Gasteiger partial charge in [-0.05, 0) is 89.5 Å². The highest BCUT2D eigenvalue weighted by molar-refractivity contribution is 7.46. The van der Waals surface area contributed by atoms with Gasteiger partial charge in [0.1, 0.15) is 6.61 Å². The molecule has 1 atom stereocenters. The van der Waals surface area contributed by atoms with Gasteiger partial charge in [0.05, 0.1) is 6.61 Å². The molecule has 2 N–H and O–H groups in total. The Hall–Kier alpha value is -3.36. The quantitative estimate of drug-likeness (QED) is 0.0159. The first-order valence-corrected chi connectivity index (χ1v) is 22.0. The van der Waals surface area contributed by atoms with E-state index in [1.165, 1.54) is 51.0 Å². The van der Waals surface area contributed by atoms with Gasteiger partial charge >= 0.3 is 19.8 Å². The third-order valence-corrected chi connectivity index (χ3v) is 8.54. The Bertz CT molecular complexity index is 1270. The van der Waals surface area contributed by atoms with Gasteiger partial charge in [-0.2, -0.15) is 0 Å². The number of ketones is 1. The number of esters is 2. The molecule has 0 aromatic rings. The third kappa shape index (κ3) is 41.6. The maximum absolute atomic E-state index is 12.4. The van der Waals surface area contributed by atoms with Gasteiger partial charge < -0.3 is 19.3 Å². The van der Waals surface area contributed by atoms with Crippen molar-refractivity contribution in [3.8, 4) is 0 Å². The molecule has 0 spiro atoms. The Labute approximate surface area is 332 Å². The first-order valence-electron chi connectivity index (χ1n) is 20.5. The predicted octanol–water partition coefficient (Wildman–Crippen LogP) is 11.8. The van der Waals surface area contributed by atoms with E-state index in [-0.39, 0.29) is 31.5 Å². The van der Waals surface area contributed by atoms with Gasteiger partial charge in [0, 0.05) is 19.3 Å². The van der Waals surface area contributed by atoms with Gasteiger partial charge in [0.2, 0.25) is 0 Å². The molecule has 0 aliphatic rings. The van der Waals surface area contributed by atoms with Crippen molar-refractivity contribution < 1.29 is 42.7 Å². The van der Waals surface area contributed by atoms with Crippen molar-refractivity contribution in [2.75, 3.05) is 13.2 Å². The Balaban J connectivity index is 4.22. The first kappa shape index (κ1) is 51.6. The smallest absolute Gasteiger partial charge is 0.462 e. The van der Waals surface area contributed by atoms with E-state index in [0.717, 1.165) is 57.8 Å². The van der Waals surface area contributed by atoms with Crippen molar-refractivity contribution >= 4 is 25.5 Å². The van der Waals surface area contributed by atoms with Crippen LogP contribution in [-0.2, 0) is 32.9 Å². The van der Waals surface area contributed by atoms with E-state index in [9.17, 15) is 18.9 Å². The summed E-state index contributed by atoms with van der Waals surface area (Å²) >= 11 is 0. The number of phosphoric ester groups is 1. The van der Waals surface area contributed by atoms with Gasteiger partial charge in [0.15, 0.2) is 11.9 Å². The standard InChI is InChI=1S/C45H71O9P/c1-3-5-7-9-11-13-15-17-18-19-20-21-22-24-26-28-30-32-34-38-45(48)54-43(41-53-55(49,50)51)40-52-44(47)39-35-37-42(46)36-33-31-29-27-25-23-16-14-12-10-8-6-4-2/h11-14,17-18,20-21,23-26,29,31,33,36,43H,3-10,15-16,19,22,27-28,30,32,34-35,37-41H2,1-2H3,(H2,49,50,51)/b13-11-,14-12-,18-17-,21-20-,25-23-,26-24-,31-29-,36-33+/t43-/m1/s1. The second kappa shape index (κ2) is 38.9. The molecule has 0 aliphatic heterocycles. The lowest BCUT2D eigenvalue weighted by Gasteiger charge is -2.18.